The molecule has 1 atom stereocenters. The van der Waals surface area contributed by atoms with Crippen molar-refractivity contribution >= 4 is 28.7 Å². The van der Waals surface area contributed by atoms with E-state index in [0.29, 0.717) is 40.8 Å². The number of anilines is 1. The summed E-state index contributed by atoms with van der Waals surface area (Å²) in [5.74, 6) is -0.250. The normalized spacial score (nSPS) is 15.9. The Kier molecular flexibility index (Phi) is 6.28. The van der Waals surface area contributed by atoms with Crippen molar-refractivity contribution in [2.24, 2.45) is 0 Å². The van der Waals surface area contributed by atoms with Crippen molar-refractivity contribution in [1.29, 1.82) is 0 Å². The second-order valence-electron chi connectivity index (χ2n) is 7.08. The lowest BCUT2D eigenvalue weighted by atomic mass is 9.95. The number of hydrogen-bond acceptors (Lipinski definition) is 6. The molecule has 1 aromatic heterocycles. The van der Waals surface area contributed by atoms with Crippen LogP contribution in [0.15, 0.2) is 77.4 Å². The lowest BCUT2D eigenvalue weighted by molar-refractivity contribution is -0.117. The third kappa shape index (κ3) is 3.99. The monoisotopic (exact) mass is 449 g/mol. The maximum atomic E-state index is 13.3. The Hall–Kier alpha value is -3.58. The van der Waals surface area contributed by atoms with Crippen LogP contribution < -0.4 is 14.4 Å². The summed E-state index contributed by atoms with van der Waals surface area (Å²) in [4.78, 5) is 28.4. The number of rotatable bonds is 8. The molecule has 32 heavy (non-hydrogen) atoms. The van der Waals surface area contributed by atoms with Gasteiger partial charge in [0.25, 0.3) is 5.91 Å². The zero-order chi connectivity index (χ0) is 22.7. The minimum Gasteiger partial charge on any atom is -0.503 e. The molecule has 0 spiro atoms. The third-order valence-electron chi connectivity index (χ3n) is 5.11. The van der Waals surface area contributed by atoms with Crippen LogP contribution in [0.3, 0.4) is 0 Å². The highest BCUT2D eigenvalue weighted by Gasteiger charge is 2.44. The standard InChI is InChI=1S/C25H23NO5S/c1-3-30-18-12-10-16(11-13-18)22-21(23(27)20-9-6-14-32-20)24(28)25(29)26(22)17-7-5-8-19(15-17)31-4-2/h5-15,22,28H,3-4H2,1-2H3. The summed E-state index contributed by atoms with van der Waals surface area (Å²) in [6.45, 7) is 4.78. The van der Waals surface area contributed by atoms with Crippen LogP contribution in [0.1, 0.15) is 35.1 Å². The largest absolute Gasteiger partial charge is 0.503 e. The first kappa shape index (κ1) is 21.6. The molecule has 164 valence electrons. The molecule has 1 N–H and O–H groups in total. The third-order valence-corrected chi connectivity index (χ3v) is 5.98. The maximum absolute atomic E-state index is 13.3. The average molecular weight is 450 g/mol. The lowest BCUT2D eigenvalue weighted by Crippen LogP contribution is -2.31. The molecule has 0 aliphatic carbocycles. The van der Waals surface area contributed by atoms with Gasteiger partial charge in [-0.05, 0) is 55.1 Å². The number of aliphatic hydroxyl groups is 1. The molecule has 1 aliphatic rings. The van der Waals surface area contributed by atoms with Crippen LogP contribution in [-0.2, 0) is 4.79 Å². The number of carbonyl (C=O) groups is 2. The zero-order valence-corrected chi connectivity index (χ0v) is 18.6. The summed E-state index contributed by atoms with van der Waals surface area (Å²) in [5.41, 5.74) is 1.27. The van der Waals surface area contributed by atoms with E-state index in [4.69, 9.17) is 9.47 Å². The highest BCUT2D eigenvalue weighted by molar-refractivity contribution is 7.12. The van der Waals surface area contributed by atoms with Crippen LogP contribution >= 0.6 is 11.3 Å². The summed E-state index contributed by atoms with van der Waals surface area (Å²) < 4.78 is 11.1. The number of Topliss-reactive ketones (excluding diaryl/α,β-unsaturated/α-hetero) is 1. The lowest BCUT2D eigenvalue weighted by Gasteiger charge is -2.27. The SMILES string of the molecule is CCOc1ccc(C2C(C(=O)c3cccs3)=C(O)C(=O)N2c2cccc(OCC)c2)cc1. The predicted octanol–water partition coefficient (Wildman–Crippen LogP) is 5.33. The van der Waals surface area contributed by atoms with Gasteiger partial charge in [-0.15, -0.1) is 11.3 Å². The number of amides is 1. The topological polar surface area (TPSA) is 76.1 Å². The Labute approximate surface area is 190 Å². The van der Waals surface area contributed by atoms with Gasteiger partial charge in [0.2, 0.25) is 5.78 Å². The Morgan fingerprint density at radius 1 is 1.00 bits per heavy atom. The van der Waals surface area contributed by atoms with Crippen molar-refractivity contribution in [3.8, 4) is 11.5 Å². The summed E-state index contributed by atoms with van der Waals surface area (Å²) in [5, 5.41) is 12.6. The number of ether oxygens (including phenoxy) is 2. The molecule has 2 aromatic carbocycles. The van der Waals surface area contributed by atoms with Gasteiger partial charge in [0.1, 0.15) is 11.5 Å². The highest BCUT2D eigenvalue weighted by atomic mass is 32.1. The first-order chi connectivity index (χ1) is 15.5. The number of thiophene rings is 1. The molecule has 0 radical (unpaired) electrons. The molecular formula is C25H23NO5S. The molecule has 0 saturated heterocycles. The molecule has 0 bridgehead atoms. The van der Waals surface area contributed by atoms with Crippen molar-refractivity contribution in [3.63, 3.8) is 0 Å². The van der Waals surface area contributed by atoms with E-state index in [2.05, 4.69) is 0 Å². The van der Waals surface area contributed by atoms with E-state index in [0.717, 1.165) is 0 Å². The van der Waals surface area contributed by atoms with E-state index < -0.39 is 17.7 Å². The van der Waals surface area contributed by atoms with E-state index in [9.17, 15) is 14.7 Å². The summed E-state index contributed by atoms with van der Waals surface area (Å²) in [6.07, 6.45) is 0. The quantitative estimate of drug-likeness (QED) is 0.471. The molecule has 2 heterocycles. The van der Waals surface area contributed by atoms with E-state index in [1.165, 1.54) is 16.2 Å². The summed E-state index contributed by atoms with van der Waals surface area (Å²) >= 11 is 1.27. The van der Waals surface area contributed by atoms with Gasteiger partial charge in [0, 0.05) is 11.8 Å². The molecule has 4 rings (SSSR count). The fourth-order valence-electron chi connectivity index (χ4n) is 3.76. The summed E-state index contributed by atoms with van der Waals surface area (Å²) in [6, 6.07) is 16.9. The van der Waals surface area contributed by atoms with Crippen LogP contribution in [0, 0.1) is 0 Å². The van der Waals surface area contributed by atoms with Gasteiger partial charge in [-0.25, -0.2) is 0 Å². The van der Waals surface area contributed by atoms with Crippen LogP contribution in [-0.4, -0.2) is 30.0 Å². The molecule has 1 amide bonds. The van der Waals surface area contributed by atoms with E-state index in [-0.39, 0.29) is 11.4 Å². The van der Waals surface area contributed by atoms with Gasteiger partial charge >= 0.3 is 0 Å². The highest BCUT2D eigenvalue weighted by Crippen LogP contribution is 2.43. The molecule has 0 saturated carbocycles. The van der Waals surface area contributed by atoms with E-state index >= 15 is 0 Å². The van der Waals surface area contributed by atoms with Gasteiger partial charge in [0.15, 0.2) is 5.76 Å². The van der Waals surface area contributed by atoms with Crippen LogP contribution in [0.4, 0.5) is 5.69 Å². The smallest absolute Gasteiger partial charge is 0.294 e. The Morgan fingerprint density at radius 3 is 2.38 bits per heavy atom. The maximum Gasteiger partial charge on any atom is 0.294 e. The van der Waals surface area contributed by atoms with Crippen molar-refractivity contribution in [2.45, 2.75) is 19.9 Å². The number of hydrogen-bond donors (Lipinski definition) is 1. The van der Waals surface area contributed by atoms with Gasteiger partial charge < -0.3 is 14.6 Å². The van der Waals surface area contributed by atoms with Gasteiger partial charge in [0.05, 0.1) is 29.7 Å². The second kappa shape index (κ2) is 9.28. The molecule has 1 aliphatic heterocycles. The predicted molar refractivity (Wildman–Crippen MR) is 124 cm³/mol. The van der Waals surface area contributed by atoms with Crippen molar-refractivity contribution in [3.05, 3.63) is 87.8 Å². The molecule has 0 fully saturated rings. The number of ketones is 1. The van der Waals surface area contributed by atoms with Gasteiger partial charge in [-0.1, -0.05) is 24.3 Å². The van der Waals surface area contributed by atoms with E-state index in [1.54, 1.807) is 53.9 Å². The first-order valence-corrected chi connectivity index (χ1v) is 11.2. The Bertz CT molecular complexity index is 1150. The molecule has 3 aromatic rings. The number of carbonyl (C=O) groups excluding carboxylic acids is 2. The number of nitrogens with zero attached hydrogens (tertiary/aromatic N) is 1. The fraction of sp³-hybridized carbons (Fsp3) is 0.200. The van der Waals surface area contributed by atoms with Crippen molar-refractivity contribution in [2.75, 3.05) is 18.1 Å². The second-order valence-corrected chi connectivity index (χ2v) is 8.03. The summed E-state index contributed by atoms with van der Waals surface area (Å²) in [7, 11) is 0. The minimum absolute atomic E-state index is 0.0587. The van der Waals surface area contributed by atoms with Crippen molar-refractivity contribution in [1.82, 2.24) is 0 Å². The van der Waals surface area contributed by atoms with Crippen LogP contribution in [0.2, 0.25) is 0 Å². The molecule has 6 nitrogen and oxygen atoms in total. The van der Waals surface area contributed by atoms with Crippen LogP contribution in [0.5, 0.6) is 11.5 Å². The number of aliphatic hydroxyl groups excluding tert-OH is 1. The van der Waals surface area contributed by atoms with Crippen molar-refractivity contribution < 1.29 is 24.2 Å². The molecular weight excluding hydrogens is 426 g/mol. The van der Waals surface area contributed by atoms with Crippen LogP contribution in [0.25, 0.3) is 0 Å². The Balaban J connectivity index is 1.83. The number of benzene rings is 2. The fourth-order valence-corrected chi connectivity index (χ4v) is 4.44. The Morgan fingerprint density at radius 2 is 1.72 bits per heavy atom. The van der Waals surface area contributed by atoms with Gasteiger partial charge in [-0.2, -0.15) is 0 Å². The molecule has 1 unspecified atom stereocenters. The molecule has 7 heteroatoms. The minimum atomic E-state index is -0.787. The van der Waals surface area contributed by atoms with Gasteiger partial charge in [-0.3, -0.25) is 14.5 Å². The van der Waals surface area contributed by atoms with E-state index in [1.807, 2.05) is 26.0 Å². The average Bonchev–Trinajstić information content (AvgIpc) is 3.42. The zero-order valence-electron chi connectivity index (χ0n) is 17.8. The first-order valence-electron chi connectivity index (χ1n) is 10.4.